The fourth-order valence-electron chi connectivity index (χ4n) is 7.99. The Labute approximate surface area is 353 Å². The summed E-state index contributed by atoms with van der Waals surface area (Å²) in [6, 6.07) is 10.1. The van der Waals surface area contributed by atoms with Gasteiger partial charge >= 0.3 is 11.9 Å². The summed E-state index contributed by atoms with van der Waals surface area (Å²) in [5, 5.41) is 28.3. The zero-order valence-electron chi connectivity index (χ0n) is 31.9. The second-order valence-corrected chi connectivity index (χ2v) is 20.7. The van der Waals surface area contributed by atoms with E-state index in [1.807, 2.05) is 32.7 Å². The first-order valence-corrected chi connectivity index (χ1v) is 20.8. The van der Waals surface area contributed by atoms with Crippen molar-refractivity contribution in [3.05, 3.63) is 59.2 Å². The molecule has 13 nitrogen and oxygen atoms in total. The summed E-state index contributed by atoms with van der Waals surface area (Å²) in [7, 11) is -2.02. The molecule has 294 valence electrons. The molecule has 0 unspecified atom stereocenters. The van der Waals surface area contributed by atoms with Crippen molar-refractivity contribution in [2.75, 3.05) is 65.4 Å². The van der Waals surface area contributed by atoms with Crippen molar-refractivity contribution in [2.45, 2.75) is 77.8 Å². The molecule has 0 aliphatic carbocycles. The van der Waals surface area contributed by atoms with E-state index in [2.05, 4.69) is 85.3 Å². The van der Waals surface area contributed by atoms with Crippen LogP contribution >= 0.6 is 0 Å². The van der Waals surface area contributed by atoms with Crippen molar-refractivity contribution in [3.63, 3.8) is 0 Å². The SMILES string of the molecule is CC(C)[Si](C#Cc1cc2nc(c1)Cn1nncc1-c1cccc(n1)CN1CCN(CC(=O)O)CCN(CCN(CC(=O)O)CC1)C2)(C(C)C)C(C)C.[Yb]. The topological polar surface area (TPSA) is 144 Å². The average Bonchev–Trinajstić information content (AvgIpc) is 3.53. The van der Waals surface area contributed by atoms with Gasteiger partial charge in [0.15, 0.2) is 0 Å². The van der Waals surface area contributed by atoms with E-state index in [0.717, 1.165) is 34.0 Å². The number of fused-ring (bicyclic) bond motifs is 8. The number of hydrogen-bond donors (Lipinski definition) is 2. The van der Waals surface area contributed by atoms with Crippen LogP contribution in [0.5, 0.6) is 0 Å². The third-order valence-electron chi connectivity index (χ3n) is 10.6. The van der Waals surface area contributed by atoms with Gasteiger partial charge in [-0.25, -0.2) is 9.67 Å². The van der Waals surface area contributed by atoms with E-state index in [1.165, 1.54) is 0 Å². The second-order valence-electron chi connectivity index (χ2n) is 15.2. The van der Waals surface area contributed by atoms with Crippen molar-refractivity contribution in [1.82, 2.24) is 44.6 Å². The first-order chi connectivity index (χ1) is 24.8. The van der Waals surface area contributed by atoms with Crippen LogP contribution in [-0.4, -0.2) is 140 Å². The largest absolute Gasteiger partial charge is 0.480 e. The van der Waals surface area contributed by atoms with Gasteiger partial charge in [-0.15, -0.1) is 10.6 Å². The van der Waals surface area contributed by atoms with Gasteiger partial charge in [-0.05, 0) is 40.9 Å². The molecule has 1 fully saturated rings. The Kier molecular flexibility index (Phi) is 16.2. The Hall–Kier alpha value is -2.48. The Morgan fingerprint density at radius 2 is 1.25 bits per heavy atom. The maximum Gasteiger partial charge on any atom is 0.317 e. The molecule has 0 atom stereocenters. The summed E-state index contributed by atoms with van der Waals surface area (Å²) in [5.41, 5.74) is 10.3. The molecular formula is C38H55N9O4SiYb. The molecule has 3 aromatic heterocycles. The third-order valence-corrected chi connectivity index (χ3v) is 16.9. The van der Waals surface area contributed by atoms with Crippen LogP contribution in [0.15, 0.2) is 36.5 Å². The monoisotopic (exact) mass is 903 g/mol. The average molecular weight is 903 g/mol. The van der Waals surface area contributed by atoms with Gasteiger partial charge in [-0.2, -0.15) is 0 Å². The summed E-state index contributed by atoms with van der Waals surface area (Å²) >= 11 is 0. The summed E-state index contributed by atoms with van der Waals surface area (Å²) in [6.07, 6.45) is 1.73. The first-order valence-electron chi connectivity index (χ1n) is 18.5. The molecule has 0 radical (unpaired) electrons. The summed E-state index contributed by atoms with van der Waals surface area (Å²) < 4.78 is 1.85. The fourth-order valence-corrected chi connectivity index (χ4v) is 13.2. The minimum atomic E-state index is -2.02. The van der Waals surface area contributed by atoms with Crippen molar-refractivity contribution in [1.29, 1.82) is 0 Å². The van der Waals surface area contributed by atoms with Crippen LogP contribution in [0, 0.1) is 58.4 Å². The molecule has 53 heavy (non-hydrogen) atoms. The normalized spacial score (nSPS) is 19.2. The van der Waals surface area contributed by atoms with Gasteiger partial charge in [-0.3, -0.25) is 34.2 Å². The first kappa shape index (κ1) is 43.2. The fraction of sp³-hybridized carbons (Fsp3) is 0.579. The van der Waals surface area contributed by atoms with Gasteiger partial charge in [-0.1, -0.05) is 58.7 Å². The smallest absolute Gasteiger partial charge is 0.317 e. The maximum atomic E-state index is 11.9. The summed E-state index contributed by atoms with van der Waals surface area (Å²) in [4.78, 5) is 42.5. The van der Waals surface area contributed by atoms with Crippen molar-refractivity contribution in [2.24, 2.45) is 0 Å². The van der Waals surface area contributed by atoms with Crippen LogP contribution in [0.25, 0.3) is 11.4 Å². The number of nitrogens with zero attached hydrogens (tertiary/aromatic N) is 9. The number of carboxylic acids is 2. The van der Waals surface area contributed by atoms with Gasteiger partial charge in [0.1, 0.15) is 13.8 Å². The van der Waals surface area contributed by atoms with Crippen molar-refractivity contribution >= 4 is 20.0 Å². The molecule has 0 aromatic carbocycles. The van der Waals surface area contributed by atoms with Gasteiger partial charge in [0.05, 0.1) is 48.6 Å². The molecule has 3 aliphatic rings. The quantitative estimate of drug-likeness (QED) is 0.264. The number of aliphatic carboxylic acids is 2. The van der Waals surface area contributed by atoms with E-state index < -0.39 is 20.0 Å². The number of carboxylic acid groups (broad SMARTS) is 2. The van der Waals surface area contributed by atoms with Crippen LogP contribution in [0.4, 0.5) is 0 Å². The van der Waals surface area contributed by atoms with Gasteiger partial charge in [0.25, 0.3) is 0 Å². The number of hydrogen-bond acceptors (Lipinski definition) is 10. The van der Waals surface area contributed by atoms with Gasteiger partial charge in [0, 0.05) is 118 Å². The standard InChI is InChI=1S/C38H55N9O4Si.Yb/c1-28(2)52(29(3)4,30(5)6)19-10-31-20-33-24-44-13-17-45(26-37(48)49)15-11-43(12-16-46(18-14-44)27-38(50)51)23-32-8-7-9-35(41-32)36-22-39-42-47(36)25-34(21-31)40-33;/h7-9,20-22,28-30H,11-18,23-27H2,1-6H3,(H,48,49)(H,50,51);. The van der Waals surface area contributed by atoms with Crippen LogP contribution in [-0.2, 0) is 29.2 Å². The summed E-state index contributed by atoms with van der Waals surface area (Å²) in [6.45, 7) is 19.8. The number of aromatic nitrogens is 5. The Morgan fingerprint density at radius 1 is 0.736 bits per heavy atom. The van der Waals surface area contributed by atoms with E-state index >= 15 is 0 Å². The molecule has 3 aliphatic heterocycles. The molecular weight excluding hydrogens is 848 g/mol. The van der Waals surface area contributed by atoms with Crippen LogP contribution in [0.2, 0.25) is 16.6 Å². The molecule has 3 aromatic rings. The van der Waals surface area contributed by atoms with E-state index in [-0.39, 0.29) is 60.0 Å². The number of rotatable bonds is 7. The van der Waals surface area contributed by atoms with E-state index in [1.54, 1.807) is 6.20 Å². The minimum absolute atomic E-state index is 0. The zero-order valence-corrected chi connectivity index (χ0v) is 34.6. The molecule has 0 saturated carbocycles. The number of pyridine rings is 2. The number of carbonyl (C=O) groups is 2. The van der Waals surface area contributed by atoms with Crippen molar-refractivity contribution in [3.8, 4) is 22.9 Å². The molecule has 6 rings (SSSR count). The summed E-state index contributed by atoms with van der Waals surface area (Å²) in [5.74, 6) is 1.92. The Balaban J connectivity index is 0.00000627. The van der Waals surface area contributed by atoms with Crippen LogP contribution < -0.4 is 0 Å². The zero-order chi connectivity index (χ0) is 37.4. The van der Waals surface area contributed by atoms with E-state index in [9.17, 15) is 19.8 Å². The predicted octanol–water partition coefficient (Wildman–Crippen LogP) is 3.76. The van der Waals surface area contributed by atoms with Gasteiger partial charge < -0.3 is 10.2 Å². The third kappa shape index (κ3) is 11.8. The molecule has 1 saturated heterocycles. The van der Waals surface area contributed by atoms with Crippen LogP contribution in [0.3, 0.4) is 0 Å². The molecule has 6 heterocycles. The minimum Gasteiger partial charge on any atom is -0.480 e. The second kappa shape index (κ2) is 19.9. The molecule has 0 amide bonds. The Morgan fingerprint density at radius 3 is 1.75 bits per heavy atom. The van der Waals surface area contributed by atoms with Crippen LogP contribution in [0.1, 0.15) is 64.2 Å². The van der Waals surface area contributed by atoms with Crippen molar-refractivity contribution < 1.29 is 66.7 Å². The van der Waals surface area contributed by atoms with Gasteiger partial charge in [0.2, 0.25) is 0 Å². The molecule has 2 N–H and O–H groups in total. The van der Waals surface area contributed by atoms with E-state index in [0.29, 0.717) is 88.6 Å². The predicted molar refractivity (Wildman–Crippen MR) is 203 cm³/mol. The molecule has 15 heteroatoms. The van der Waals surface area contributed by atoms with E-state index in [4.69, 9.17) is 9.97 Å². The molecule has 6 bridgehead atoms. The molecule has 0 spiro atoms. The maximum absolute atomic E-state index is 11.9. The Bertz CT molecular complexity index is 1700.